The molecule has 5 nitrogen and oxygen atoms in total. The van der Waals surface area contributed by atoms with E-state index in [2.05, 4.69) is 10.4 Å². The molecule has 0 aliphatic carbocycles. The summed E-state index contributed by atoms with van der Waals surface area (Å²) in [5.41, 5.74) is 3.20. The molecule has 2 aromatic rings. The van der Waals surface area contributed by atoms with Crippen LogP contribution in [0.5, 0.6) is 0 Å². The summed E-state index contributed by atoms with van der Waals surface area (Å²) >= 11 is 0. The van der Waals surface area contributed by atoms with Gasteiger partial charge in [0.1, 0.15) is 0 Å². The second kappa shape index (κ2) is 7.92. The maximum atomic E-state index is 12.4. The minimum absolute atomic E-state index is 0.0771. The highest BCUT2D eigenvalue weighted by atomic mass is 16.5. The summed E-state index contributed by atoms with van der Waals surface area (Å²) in [5, 5.41) is 7.45. The summed E-state index contributed by atoms with van der Waals surface area (Å²) in [6.45, 7) is 9.04. The zero-order valence-electron chi connectivity index (χ0n) is 14.3. The lowest BCUT2D eigenvalue weighted by atomic mass is 10.2. The topological polar surface area (TPSA) is 56.2 Å². The molecule has 1 heterocycles. The molecular weight excluding hydrogens is 290 g/mol. The van der Waals surface area contributed by atoms with Gasteiger partial charge in [0.25, 0.3) is 5.91 Å². The SMILES string of the molecule is Cc1nn(-c2ccccc2)c(C)c1C(=O)NCCCOC(C)C. The Kier molecular flexibility index (Phi) is 5.93. The lowest BCUT2D eigenvalue weighted by Crippen LogP contribution is -2.26. The minimum atomic E-state index is -0.0771. The van der Waals surface area contributed by atoms with Crippen molar-refractivity contribution in [1.82, 2.24) is 15.1 Å². The van der Waals surface area contributed by atoms with Gasteiger partial charge in [-0.05, 0) is 46.2 Å². The van der Waals surface area contributed by atoms with Crippen molar-refractivity contribution < 1.29 is 9.53 Å². The number of benzene rings is 1. The van der Waals surface area contributed by atoms with Crippen molar-refractivity contribution in [1.29, 1.82) is 0 Å². The van der Waals surface area contributed by atoms with Gasteiger partial charge in [-0.3, -0.25) is 4.79 Å². The molecule has 0 fully saturated rings. The smallest absolute Gasteiger partial charge is 0.255 e. The maximum Gasteiger partial charge on any atom is 0.255 e. The number of amides is 1. The average Bonchev–Trinajstić information content (AvgIpc) is 2.82. The number of carbonyl (C=O) groups is 1. The fourth-order valence-corrected chi connectivity index (χ4v) is 2.47. The van der Waals surface area contributed by atoms with Gasteiger partial charge in [-0.25, -0.2) is 4.68 Å². The third kappa shape index (κ3) is 4.42. The Bertz CT molecular complexity index is 648. The van der Waals surface area contributed by atoms with Gasteiger partial charge in [0.2, 0.25) is 0 Å². The number of aryl methyl sites for hydroxylation is 1. The molecular formula is C18H25N3O2. The molecule has 1 aromatic heterocycles. The molecule has 1 aromatic carbocycles. The normalized spacial score (nSPS) is 11.0. The van der Waals surface area contributed by atoms with E-state index in [0.717, 1.165) is 23.5 Å². The number of carbonyl (C=O) groups excluding carboxylic acids is 1. The maximum absolute atomic E-state index is 12.4. The fraction of sp³-hybridized carbons (Fsp3) is 0.444. The number of nitrogens with zero attached hydrogens (tertiary/aromatic N) is 2. The summed E-state index contributed by atoms with van der Waals surface area (Å²) in [5.74, 6) is -0.0771. The number of aromatic nitrogens is 2. The molecule has 0 bridgehead atoms. The summed E-state index contributed by atoms with van der Waals surface area (Å²) < 4.78 is 7.28. The first-order chi connectivity index (χ1) is 11.0. The van der Waals surface area contributed by atoms with Crippen molar-refractivity contribution >= 4 is 5.91 Å². The van der Waals surface area contributed by atoms with Crippen molar-refractivity contribution in [2.24, 2.45) is 0 Å². The van der Waals surface area contributed by atoms with Crippen molar-refractivity contribution in [2.45, 2.75) is 40.2 Å². The van der Waals surface area contributed by atoms with Gasteiger partial charge in [0.15, 0.2) is 0 Å². The van der Waals surface area contributed by atoms with E-state index in [0.29, 0.717) is 18.7 Å². The highest BCUT2D eigenvalue weighted by Crippen LogP contribution is 2.17. The van der Waals surface area contributed by atoms with Crippen LogP contribution in [0, 0.1) is 13.8 Å². The molecule has 0 saturated carbocycles. The van der Waals surface area contributed by atoms with E-state index in [-0.39, 0.29) is 12.0 Å². The predicted molar refractivity (Wildman–Crippen MR) is 91.1 cm³/mol. The molecule has 0 radical (unpaired) electrons. The second-order valence-electron chi connectivity index (χ2n) is 5.82. The van der Waals surface area contributed by atoms with Gasteiger partial charge in [0, 0.05) is 13.2 Å². The molecule has 5 heteroatoms. The Morgan fingerprint density at radius 2 is 1.96 bits per heavy atom. The summed E-state index contributed by atoms with van der Waals surface area (Å²) in [7, 11) is 0. The molecule has 23 heavy (non-hydrogen) atoms. The quantitative estimate of drug-likeness (QED) is 0.799. The number of hydrogen-bond acceptors (Lipinski definition) is 3. The molecule has 0 spiro atoms. The molecule has 2 rings (SSSR count). The van der Waals surface area contributed by atoms with Gasteiger partial charge in [-0.2, -0.15) is 5.10 Å². The Labute approximate surface area is 137 Å². The number of hydrogen-bond donors (Lipinski definition) is 1. The average molecular weight is 315 g/mol. The number of ether oxygens (including phenoxy) is 1. The first-order valence-electron chi connectivity index (χ1n) is 8.02. The van der Waals surface area contributed by atoms with E-state index in [4.69, 9.17) is 4.74 Å². The molecule has 1 N–H and O–H groups in total. The van der Waals surface area contributed by atoms with Crippen LogP contribution in [0.2, 0.25) is 0 Å². The largest absolute Gasteiger partial charge is 0.379 e. The van der Waals surface area contributed by atoms with Crippen LogP contribution >= 0.6 is 0 Å². The van der Waals surface area contributed by atoms with Crippen molar-refractivity contribution in [3.8, 4) is 5.69 Å². The Hall–Kier alpha value is -2.14. The van der Waals surface area contributed by atoms with Gasteiger partial charge in [-0.15, -0.1) is 0 Å². The van der Waals surface area contributed by atoms with E-state index in [9.17, 15) is 4.79 Å². The summed E-state index contributed by atoms with van der Waals surface area (Å²) in [6, 6.07) is 9.83. The molecule has 1 amide bonds. The van der Waals surface area contributed by atoms with Crippen LogP contribution < -0.4 is 5.32 Å². The Morgan fingerprint density at radius 1 is 1.26 bits per heavy atom. The highest BCUT2D eigenvalue weighted by Gasteiger charge is 2.18. The van der Waals surface area contributed by atoms with Gasteiger partial charge >= 0.3 is 0 Å². The summed E-state index contributed by atoms with van der Waals surface area (Å²) in [6.07, 6.45) is 1.02. The van der Waals surface area contributed by atoms with Gasteiger partial charge in [0.05, 0.1) is 28.7 Å². The second-order valence-corrected chi connectivity index (χ2v) is 5.82. The van der Waals surface area contributed by atoms with E-state index < -0.39 is 0 Å². The number of para-hydroxylation sites is 1. The monoisotopic (exact) mass is 315 g/mol. The van der Waals surface area contributed by atoms with Crippen LogP contribution in [0.15, 0.2) is 30.3 Å². The first kappa shape index (κ1) is 17.2. The summed E-state index contributed by atoms with van der Waals surface area (Å²) in [4.78, 5) is 12.4. The van der Waals surface area contributed by atoms with Crippen LogP contribution in [0.4, 0.5) is 0 Å². The van der Waals surface area contributed by atoms with Gasteiger partial charge in [-0.1, -0.05) is 18.2 Å². The molecule has 0 atom stereocenters. The zero-order valence-corrected chi connectivity index (χ0v) is 14.3. The minimum Gasteiger partial charge on any atom is -0.379 e. The Balaban J connectivity index is 2.02. The van der Waals surface area contributed by atoms with Crippen LogP contribution in [-0.4, -0.2) is 34.9 Å². The number of nitrogens with one attached hydrogen (secondary N) is 1. The fourth-order valence-electron chi connectivity index (χ4n) is 2.47. The van der Waals surface area contributed by atoms with Crippen LogP contribution in [0.1, 0.15) is 42.0 Å². The number of rotatable bonds is 7. The van der Waals surface area contributed by atoms with E-state index in [1.807, 2.05) is 62.7 Å². The molecule has 0 saturated heterocycles. The van der Waals surface area contributed by atoms with Crippen LogP contribution in [0.25, 0.3) is 5.69 Å². The lowest BCUT2D eigenvalue weighted by Gasteiger charge is -2.09. The third-order valence-corrected chi connectivity index (χ3v) is 3.58. The first-order valence-corrected chi connectivity index (χ1v) is 8.02. The van der Waals surface area contributed by atoms with Crippen molar-refractivity contribution in [3.63, 3.8) is 0 Å². The van der Waals surface area contributed by atoms with Crippen molar-refractivity contribution in [2.75, 3.05) is 13.2 Å². The predicted octanol–water partition coefficient (Wildman–Crippen LogP) is 3.03. The molecule has 0 aliphatic rings. The standard InChI is InChI=1S/C18H25N3O2/c1-13(2)23-12-8-11-19-18(22)17-14(3)20-21(15(17)4)16-9-6-5-7-10-16/h5-7,9-10,13H,8,11-12H2,1-4H3,(H,19,22). The molecule has 0 aliphatic heterocycles. The zero-order chi connectivity index (χ0) is 16.8. The van der Waals surface area contributed by atoms with Gasteiger partial charge < -0.3 is 10.1 Å². The van der Waals surface area contributed by atoms with E-state index in [1.54, 1.807) is 0 Å². The van der Waals surface area contributed by atoms with E-state index >= 15 is 0 Å². The third-order valence-electron chi connectivity index (χ3n) is 3.58. The Morgan fingerprint density at radius 3 is 2.61 bits per heavy atom. The van der Waals surface area contributed by atoms with Crippen LogP contribution in [0.3, 0.4) is 0 Å². The van der Waals surface area contributed by atoms with Crippen LogP contribution in [-0.2, 0) is 4.74 Å². The molecule has 124 valence electrons. The van der Waals surface area contributed by atoms with Crippen molar-refractivity contribution in [3.05, 3.63) is 47.3 Å². The molecule has 0 unspecified atom stereocenters. The lowest BCUT2D eigenvalue weighted by molar-refractivity contribution is 0.0757. The highest BCUT2D eigenvalue weighted by molar-refractivity contribution is 5.96. The van der Waals surface area contributed by atoms with E-state index in [1.165, 1.54) is 0 Å².